The van der Waals surface area contributed by atoms with Crippen molar-refractivity contribution in [3.05, 3.63) is 29.8 Å². The summed E-state index contributed by atoms with van der Waals surface area (Å²) in [4.78, 5) is 4.00. The molecule has 1 aromatic rings. The van der Waals surface area contributed by atoms with Crippen molar-refractivity contribution < 1.29 is 18.3 Å². The molecule has 1 heterocycles. The molecule has 1 atom stereocenters. The van der Waals surface area contributed by atoms with Gasteiger partial charge >= 0.3 is 6.18 Å². The Morgan fingerprint density at radius 3 is 2.43 bits per heavy atom. The normalized spacial score (nSPS) is 18.8. The van der Waals surface area contributed by atoms with Gasteiger partial charge in [-0.05, 0) is 18.2 Å². The van der Waals surface area contributed by atoms with Gasteiger partial charge in [-0.25, -0.2) is 0 Å². The highest BCUT2D eigenvalue weighted by Crippen LogP contribution is 2.31. The van der Waals surface area contributed by atoms with Gasteiger partial charge in [0.2, 0.25) is 0 Å². The van der Waals surface area contributed by atoms with Gasteiger partial charge < -0.3 is 10.0 Å². The van der Waals surface area contributed by atoms with E-state index in [0.29, 0.717) is 38.4 Å². The maximum atomic E-state index is 12.7. The second-order valence-corrected chi connectivity index (χ2v) is 5.45. The Morgan fingerprint density at radius 2 is 1.86 bits per heavy atom. The van der Waals surface area contributed by atoms with Crippen LogP contribution in [0, 0.1) is 0 Å². The van der Waals surface area contributed by atoms with Gasteiger partial charge in [-0.1, -0.05) is 6.07 Å². The summed E-state index contributed by atoms with van der Waals surface area (Å²) in [5.74, 6) is 0.188. The molecule has 0 unspecified atom stereocenters. The average Bonchev–Trinajstić information content (AvgIpc) is 2.47. The predicted octanol–water partition coefficient (Wildman–Crippen LogP) is 2.43. The van der Waals surface area contributed by atoms with E-state index < -0.39 is 17.8 Å². The summed E-state index contributed by atoms with van der Waals surface area (Å²) in [6.45, 7) is 3.17. The van der Waals surface area contributed by atoms with Crippen molar-refractivity contribution in [2.45, 2.75) is 12.3 Å². The highest BCUT2D eigenvalue weighted by Gasteiger charge is 2.31. The Labute approximate surface area is 126 Å². The lowest BCUT2D eigenvalue weighted by Crippen LogP contribution is -2.48. The molecular weight excluding hydrogens is 305 g/mol. The largest absolute Gasteiger partial charge is 0.416 e. The zero-order valence-corrected chi connectivity index (χ0v) is 12.2. The molecule has 7 heteroatoms. The van der Waals surface area contributed by atoms with Gasteiger partial charge in [0.1, 0.15) is 0 Å². The van der Waals surface area contributed by atoms with Crippen LogP contribution in [-0.4, -0.2) is 54.7 Å². The van der Waals surface area contributed by atoms with Crippen molar-refractivity contribution in [2.24, 2.45) is 0 Å². The molecule has 0 spiro atoms. The summed E-state index contributed by atoms with van der Waals surface area (Å²) >= 11 is 5.56. The molecule has 0 aromatic heterocycles. The van der Waals surface area contributed by atoms with E-state index >= 15 is 0 Å². The molecule has 0 saturated carbocycles. The van der Waals surface area contributed by atoms with Crippen molar-refractivity contribution in [2.75, 3.05) is 43.5 Å². The fourth-order valence-corrected chi connectivity index (χ4v) is 2.51. The van der Waals surface area contributed by atoms with E-state index in [1.54, 1.807) is 6.07 Å². The van der Waals surface area contributed by atoms with E-state index in [9.17, 15) is 18.3 Å². The number of hydrogen-bond donors (Lipinski definition) is 1. The fourth-order valence-electron chi connectivity index (χ4n) is 2.41. The number of hydrogen-bond acceptors (Lipinski definition) is 3. The van der Waals surface area contributed by atoms with Crippen molar-refractivity contribution in [3.8, 4) is 0 Å². The van der Waals surface area contributed by atoms with E-state index in [-0.39, 0.29) is 5.88 Å². The van der Waals surface area contributed by atoms with E-state index in [0.717, 1.165) is 6.07 Å². The van der Waals surface area contributed by atoms with Gasteiger partial charge in [0.25, 0.3) is 0 Å². The van der Waals surface area contributed by atoms with Crippen LogP contribution in [0.5, 0.6) is 0 Å². The first kappa shape index (κ1) is 16.4. The topological polar surface area (TPSA) is 26.7 Å². The van der Waals surface area contributed by atoms with Crippen LogP contribution in [0.2, 0.25) is 0 Å². The van der Waals surface area contributed by atoms with Gasteiger partial charge in [0.15, 0.2) is 0 Å². The number of piperazine rings is 1. The lowest BCUT2D eigenvalue weighted by molar-refractivity contribution is -0.137. The van der Waals surface area contributed by atoms with Gasteiger partial charge in [-0.2, -0.15) is 13.2 Å². The Hall–Kier alpha value is -0.980. The number of benzene rings is 1. The summed E-state index contributed by atoms with van der Waals surface area (Å²) in [5, 5.41) is 9.51. The molecule has 1 saturated heterocycles. The Kier molecular flexibility index (Phi) is 5.35. The zero-order valence-electron chi connectivity index (χ0n) is 11.5. The summed E-state index contributed by atoms with van der Waals surface area (Å²) in [5.41, 5.74) is -0.0395. The minimum atomic E-state index is -4.32. The first-order chi connectivity index (χ1) is 9.90. The Balaban J connectivity index is 1.96. The first-order valence-electron chi connectivity index (χ1n) is 6.79. The van der Waals surface area contributed by atoms with Crippen molar-refractivity contribution in [1.82, 2.24) is 4.90 Å². The number of alkyl halides is 4. The smallest absolute Gasteiger partial charge is 0.391 e. The molecule has 1 aliphatic heterocycles. The Morgan fingerprint density at radius 1 is 1.19 bits per heavy atom. The predicted molar refractivity (Wildman–Crippen MR) is 76.8 cm³/mol. The third kappa shape index (κ3) is 4.49. The zero-order chi connectivity index (χ0) is 15.5. The standard InChI is InChI=1S/C14H18ClF3N2O/c15-9-13(21)10-19-4-6-20(7-5-19)12-3-1-2-11(8-12)14(16,17)18/h1-3,8,13,21H,4-7,9-10H2/t13-/m0/s1. The van der Waals surface area contributed by atoms with E-state index in [1.807, 2.05) is 4.90 Å². The van der Waals surface area contributed by atoms with Crippen LogP contribution in [-0.2, 0) is 6.18 Å². The van der Waals surface area contributed by atoms with Crippen LogP contribution in [0.1, 0.15) is 5.56 Å². The van der Waals surface area contributed by atoms with Gasteiger partial charge in [-0.15, -0.1) is 11.6 Å². The van der Waals surface area contributed by atoms with Crippen LogP contribution < -0.4 is 4.90 Å². The number of halogens is 4. The van der Waals surface area contributed by atoms with E-state index in [4.69, 9.17) is 11.6 Å². The molecule has 0 amide bonds. The third-order valence-electron chi connectivity index (χ3n) is 3.56. The molecule has 118 valence electrons. The molecule has 1 aliphatic rings. The first-order valence-corrected chi connectivity index (χ1v) is 7.32. The molecule has 1 aromatic carbocycles. The summed E-state index contributed by atoms with van der Waals surface area (Å²) in [7, 11) is 0. The maximum absolute atomic E-state index is 12.7. The SMILES string of the molecule is O[C@@H](CCl)CN1CCN(c2cccc(C(F)(F)F)c2)CC1. The molecule has 21 heavy (non-hydrogen) atoms. The number of aliphatic hydroxyl groups excluding tert-OH is 1. The monoisotopic (exact) mass is 322 g/mol. The Bertz CT molecular complexity index is 462. The number of rotatable bonds is 4. The lowest BCUT2D eigenvalue weighted by atomic mass is 10.1. The fraction of sp³-hybridized carbons (Fsp3) is 0.571. The highest BCUT2D eigenvalue weighted by molar-refractivity contribution is 6.18. The van der Waals surface area contributed by atoms with Gasteiger partial charge in [0.05, 0.1) is 11.7 Å². The number of anilines is 1. The quantitative estimate of drug-likeness (QED) is 0.863. The van der Waals surface area contributed by atoms with Crippen LogP contribution >= 0.6 is 11.6 Å². The number of aliphatic hydroxyl groups is 1. The van der Waals surface area contributed by atoms with Crippen molar-refractivity contribution in [3.63, 3.8) is 0 Å². The summed E-state index contributed by atoms with van der Waals surface area (Å²) in [6, 6.07) is 5.39. The lowest BCUT2D eigenvalue weighted by Gasteiger charge is -2.36. The molecule has 2 rings (SSSR count). The second-order valence-electron chi connectivity index (χ2n) is 5.14. The molecule has 1 fully saturated rings. The van der Waals surface area contributed by atoms with Crippen molar-refractivity contribution >= 4 is 17.3 Å². The minimum absolute atomic E-state index is 0.188. The van der Waals surface area contributed by atoms with Crippen molar-refractivity contribution in [1.29, 1.82) is 0 Å². The average molecular weight is 323 g/mol. The van der Waals surface area contributed by atoms with Crippen LogP contribution in [0.25, 0.3) is 0 Å². The minimum Gasteiger partial charge on any atom is -0.391 e. The second kappa shape index (κ2) is 6.85. The molecule has 1 N–H and O–H groups in total. The van der Waals surface area contributed by atoms with Gasteiger partial charge in [0, 0.05) is 44.3 Å². The van der Waals surface area contributed by atoms with Gasteiger partial charge in [-0.3, -0.25) is 4.90 Å². The maximum Gasteiger partial charge on any atom is 0.416 e. The number of nitrogens with zero attached hydrogens (tertiary/aromatic N) is 2. The van der Waals surface area contributed by atoms with E-state index in [2.05, 4.69) is 4.90 Å². The molecular formula is C14H18ClF3N2O. The highest BCUT2D eigenvalue weighted by atomic mass is 35.5. The van der Waals surface area contributed by atoms with Crippen LogP contribution in [0.3, 0.4) is 0 Å². The molecule has 0 radical (unpaired) electrons. The molecule has 0 aliphatic carbocycles. The molecule has 0 bridgehead atoms. The van der Waals surface area contributed by atoms with E-state index in [1.165, 1.54) is 12.1 Å². The molecule has 3 nitrogen and oxygen atoms in total. The van der Waals surface area contributed by atoms with Crippen LogP contribution in [0.15, 0.2) is 24.3 Å². The summed E-state index contributed by atoms with van der Waals surface area (Å²) < 4.78 is 38.1. The van der Waals surface area contributed by atoms with Crippen LogP contribution in [0.4, 0.5) is 18.9 Å². The number of β-amino-alcohol motifs (C(OH)–C–C–N with tert-alkyl or cyclic N) is 1. The summed E-state index contributed by atoms with van der Waals surface area (Å²) in [6.07, 6.45) is -4.88. The third-order valence-corrected chi connectivity index (χ3v) is 3.91.